The van der Waals surface area contributed by atoms with Gasteiger partial charge in [0.1, 0.15) is 23.6 Å². The van der Waals surface area contributed by atoms with Crippen molar-refractivity contribution in [2.45, 2.75) is 58.4 Å². The topological polar surface area (TPSA) is 60.6 Å². The predicted molar refractivity (Wildman–Crippen MR) is 145 cm³/mol. The number of rotatable bonds is 5. The molecule has 5 aromatic rings. The molecular weight excluding hydrogens is 444 g/mol. The maximum absolute atomic E-state index is 4.98. The van der Waals surface area contributed by atoms with Gasteiger partial charge in [0.05, 0.1) is 16.8 Å². The number of fused-ring (bicyclic) bond motifs is 3. The van der Waals surface area contributed by atoms with Gasteiger partial charge in [-0.1, -0.05) is 69.3 Å². The molecule has 0 unspecified atom stereocenters. The number of para-hydroxylation sites is 1. The Morgan fingerprint density at radius 2 is 1.61 bits per heavy atom. The van der Waals surface area contributed by atoms with Crippen LogP contribution in [0.25, 0.3) is 16.7 Å². The second-order valence-electron chi connectivity index (χ2n) is 10.7. The molecule has 0 saturated carbocycles. The summed E-state index contributed by atoms with van der Waals surface area (Å²) in [6, 6.07) is 23.1. The number of nitrogens with one attached hydrogen (secondary N) is 1. The summed E-state index contributed by atoms with van der Waals surface area (Å²) in [4.78, 5) is 9.56. The first-order valence-electron chi connectivity index (χ1n) is 12.8. The number of aryl methyl sites for hydroxylation is 1. The first-order valence-corrected chi connectivity index (χ1v) is 12.8. The Morgan fingerprint density at radius 1 is 0.889 bits per heavy atom. The van der Waals surface area contributed by atoms with Crippen LogP contribution in [0.5, 0.6) is 0 Å². The zero-order chi connectivity index (χ0) is 24.7. The van der Waals surface area contributed by atoms with Gasteiger partial charge < -0.3 is 9.88 Å². The van der Waals surface area contributed by atoms with Crippen LogP contribution in [-0.2, 0) is 24.8 Å². The van der Waals surface area contributed by atoms with Gasteiger partial charge in [0, 0.05) is 23.7 Å². The fraction of sp³-hybridized carbons (Fsp3) is 0.300. The van der Waals surface area contributed by atoms with Crippen LogP contribution in [0.2, 0.25) is 0 Å². The van der Waals surface area contributed by atoms with Crippen LogP contribution in [0, 0.1) is 0 Å². The van der Waals surface area contributed by atoms with Crippen LogP contribution < -0.4 is 5.32 Å². The maximum Gasteiger partial charge on any atom is 0.146 e. The largest absolute Gasteiger partial charge is 0.325 e. The highest BCUT2D eigenvalue weighted by molar-refractivity contribution is 5.94. The Hall–Kier alpha value is -3.93. The van der Waals surface area contributed by atoms with Gasteiger partial charge in [-0.05, 0) is 48.9 Å². The molecular formula is C30H32N6. The van der Waals surface area contributed by atoms with E-state index in [2.05, 4.69) is 79.2 Å². The lowest BCUT2D eigenvalue weighted by atomic mass is 9.92. The van der Waals surface area contributed by atoms with Crippen molar-refractivity contribution >= 4 is 22.7 Å². The van der Waals surface area contributed by atoms with Crippen molar-refractivity contribution in [3.63, 3.8) is 0 Å². The van der Waals surface area contributed by atoms with Crippen LogP contribution >= 0.6 is 0 Å². The van der Waals surface area contributed by atoms with E-state index >= 15 is 0 Å². The number of hydrogen-bond acceptors (Lipinski definition) is 4. The maximum atomic E-state index is 4.98. The highest BCUT2D eigenvalue weighted by atomic mass is 15.3. The van der Waals surface area contributed by atoms with Crippen molar-refractivity contribution in [1.82, 2.24) is 24.3 Å². The summed E-state index contributed by atoms with van der Waals surface area (Å²) in [5, 5.41) is 9.79. The third-order valence-corrected chi connectivity index (χ3v) is 7.06. The molecule has 0 amide bonds. The van der Waals surface area contributed by atoms with Gasteiger partial charge in [-0.3, -0.25) is 0 Å². The molecule has 1 N–H and O–H groups in total. The summed E-state index contributed by atoms with van der Waals surface area (Å²) < 4.78 is 4.39. The van der Waals surface area contributed by atoms with Crippen LogP contribution in [0.4, 0.5) is 11.6 Å². The fourth-order valence-corrected chi connectivity index (χ4v) is 5.20. The van der Waals surface area contributed by atoms with E-state index in [0.717, 1.165) is 53.4 Å². The Labute approximate surface area is 212 Å². The first-order chi connectivity index (χ1) is 17.5. The lowest BCUT2D eigenvalue weighted by Crippen LogP contribution is -2.12. The van der Waals surface area contributed by atoms with Crippen molar-refractivity contribution in [2.75, 3.05) is 5.32 Å². The molecule has 36 heavy (non-hydrogen) atoms. The highest BCUT2D eigenvalue weighted by Crippen LogP contribution is 2.37. The Bertz CT molecular complexity index is 1510. The number of benzene rings is 2. The van der Waals surface area contributed by atoms with Crippen LogP contribution in [-0.4, -0.2) is 24.3 Å². The van der Waals surface area contributed by atoms with Crippen molar-refractivity contribution < 1.29 is 0 Å². The van der Waals surface area contributed by atoms with Crippen molar-refractivity contribution in [2.24, 2.45) is 0 Å². The molecule has 0 spiro atoms. The molecule has 6 rings (SSSR count). The third-order valence-electron chi connectivity index (χ3n) is 7.06. The second-order valence-corrected chi connectivity index (χ2v) is 10.7. The molecule has 1 aliphatic rings. The van der Waals surface area contributed by atoms with E-state index < -0.39 is 0 Å². The van der Waals surface area contributed by atoms with Crippen LogP contribution in [0.1, 0.15) is 56.1 Å². The molecule has 3 aromatic heterocycles. The zero-order valence-corrected chi connectivity index (χ0v) is 21.2. The average molecular weight is 477 g/mol. The zero-order valence-electron chi connectivity index (χ0n) is 21.2. The van der Waals surface area contributed by atoms with Crippen LogP contribution in [0.3, 0.4) is 0 Å². The van der Waals surface area contributed by atoms with Gasteiger partial charge in [-0.2, -0.15) is 5.10 Å². The molecule has 0 atom stereocenters. The van der Waals surface area contributed by atoms with E-state index in [9.17, 15) is 0 Å². The fourth-order valence-electron chi connectivity index (χ4n) is 5.20. The summed E-state index contributed by atoms with van der Waals surface area (Å²) in [5.74, 6) is 1.76. The predicted octanol–water partition coefficient (Wildman–Crippen LogP) is 6.59. The smallest absolute Gasteiger partial charge is 0.146 e. The molecule has 0 aliphatic heterocycles. The number of anilines is 2. The van der Waals surface area contributed by atoms with E-state index in [-0.39, 0.29) is 5.41 Å². The molecule has 182 valence electrons. The van der Waals surface area contributed by atoms with E-state index in [1.807, 2.05) is 22.9 Å². The normalized spacial score (nSPS) is 13.6. The first kappa shape index (κ1) is 22.5. The summed E-state index contributed by atoms with van der Waals surface area (Å²) in [5.41, 5.74) is 7.05. The quantitative estimate of drug-likeness (QED) is 0.311. The lowest BCUT2D eigenvalue weighted by Gasteiger charge is -2.15. The summed E-state index contributed by atoms with van der Waals surface area (Å²) in [6.45, 7) is 7.39. The van der Waals surface area contributed by atoms with E-state index in [1.165, 1.54) is 29.7 Å². The Morgan fingerprint density at radius 3 is 2.36 bits per heavy atom. The molecule has 0 bridgehead atoms. The van der Waals surface area contributed by atoms with Gasteiger partial charge in [0.25, 0.3) is 0 Å². The molecule has 1 aliphatic carbocycles. The molecule has 2 aromatic carbocycles. The number of nitrogens with zero attached hydrogens (tertiary/aromatic N) is 5. The van der Waals surface area contributed by atoms with Crippen molar-refractivity contribution in [3.05, 3.63) is 95.6 Å². The van der Waals surface area contributed by atoms with E-state index in [1.54, 1.807) is 6.33 Å². The van der Waals surface area contributed by atoms with Gasteiger partial charge in [0.15, 0.2) is 0 Å². The standard InChI is InChI=1S/C30H32N6/c1-30(2,3)25-18-26(36(34-25)22-14-8-5-9-15-22)33-28-27-23-16-10-11-17-24(23)35(29(27)32-20-31-28)19-21-12-6-4-7-13-21/h4-9,12-15,18,20H,10-11,16-17,19H2,1-3H3,(H,31,32,33). The summed E-state index contributed by atoms with van der Waals surface area (Å²) in [7, 11) is 0. The summed E-state index contributed by atoms with van der Waals surface area (Å²) in [6.07, 6.45) is 6.23. The molecule has 6 heteroatoms. The van der Waals surface area contributed by atoms with Gasteiger partial charge >= 0.3 is 0 Å². The SMILES string of the molecule is CC(C)(C)c1cc(Nc2ncnc3c2c2c(n3Cc3ccccc3)CCCC2)n(-c2ccccc2)n1. The van der Waals surface area contributed by atoms with E-state index in [4.69, 9.17) is 15.1 Å². The third kappa shape index (κ3) is 4.06. The number of aromatic nitrogens is 5. The monoisotopic (exact) mass is 476 g/mol. The van der Waals surface area contributed by atoms with Gasteiger partial charge in [-0.25, -0.2) is 14.6 Å². The lowest BCUT2D eigenvalue weighted by molar-refractivity contribution is 0.560. The van der Waals surface area contributed by atoms with E-state index in [0.29, 0.717) is 0 Å². The summed E-state index contributed by atoms with van der Waals surface area (Å²) >= 11 is 0. The molecule has 0 saturated heterocycles. The molecule has 0 fully saturated rings. The van der Waals surface area contributed by atoms with Gasteiger partial charge in [-0.15, -0.1) is 0 Å². The van der Waals surface area contributed by atoms with Crippen molar-refractivity contribution in [1.29, 1.82) is 0 Å². The Kier molecular flexibility index (Phi) is 5.59. The minimum absolute atomic E-state index is 0.0738. The van der Waals surface area contributed by atoms with Gasteiger partial charge in [0.2, 0.25) is 0 Å². The second kappa shape index (κ2) is 8.94. The molecule has 0 radical (unpaired) electrons. The minimum atomic E-state index is -0.0738. The Balaban J connectivity index is 1.49. The van der Waals surface area contributed by atoms with Crippen LogP contribution in [0.15, 0.2) is 73.1 Å². The molecule has 6 nitrogen and oxygen atoms in total. The molecule has 3 heterocycles. The number of hydrogen-bond donors (Lipinski definition) is 1. The highest BCUT2D eigenvalue weighted by Gasteiger charge is 2.25. The average Bonchev–Trinajstić information content (AvgIpc) is 3.46. The van der Waals surface area contributed by atoms with Crippen molar-refractivity contribution in [3.8, 4) is 5.69 Å². The minimum Gasteiger partial charge on any atom is -0.325 e.